The summed E-state index contributed by atoms with van der Waals surface area (Å²) in [6, 6.07) is 0. The lowest BCUT2D eigenvalue weighted by Crippen LogP contribution is -1.93. The van der Waals surface area contributed by atoms with Gasteiger partial charge in [-0.25, -0.2) is 9.13 Å². The molecule has 0 unspecified atom stereocenters. The summed E-state index contributed by atoms with van der Waals surface area (Å²) in [6.45, 7) is 2.03. The smallest absolute Gasteiger partial charge is 0.290 e. The van der Waals surface area contributed by atoms with Crippen molar-refractivity contribution in [3.05, 3.63) is 0 Å². The minimum Gasteiger partial charge on any atom is -0.290 e. The summed E-state index contributed by atoms with van der Waals surface area (Å²) in [5.74, 6) is 0. The van der Waals surface area contributed by atoms with E-state index >= 15 is 0 Å². The second kappa shape index (κ2) is 10.2. The van der Waals surface area contributed by atoms with E-state index in [0.29, 0.717) is 6.61 Å². The minimum atomic E-state index is -3.18. The molecule has 0 saturated heterocycles. The maximum Gasteiger partial charge on any atom is 0.474 e. The summed E-state index contributed by atoms with van der Waals surface area (Å²) in [4.78, 5) is 0. The summed E-state index contributed by atoms with van der Waals surface area (Å²) in [6.07, 6.45) is 0. The Morgan fingerprint density at radius 1 is 0.706 bits per heavy atom. The van der Waals surface area contributed by atoms with Crippen molar-refractivity contribution < 1.29 is 36.3 Å². The van der Waals surface area contributed by atoms with Gasteiger partial charge >= 0.3 is 15.6 Å². The molecule has 0 aliphatic carbocycles. The van der Waals surface area contributed by atoms with Crippen LogP contribution in [0.4, 0.5) is 0 Å². The third kappa shape index (κ3) is 8.88. The fraction of sp³-hybridized carbons (Fsp3) is 1.00. The first-order valence-electron chi connectivity index (χ1n) is 4.50. The Kier molecular flexibility index (Phi) is 11.7. The topological polar surface area (TPSA) is 89.5 Å². The molecule has 0 heterocycles. The van der Waals surface area contributed by atoms with Crippen molar-refractivity contribution in [2.75, 3.05) is 42.2 Å². The van der Waals surface area contributed by atoms with E-state index in [9.17, 15) is 9.13 Å². The largest absolute Gasteiger partial charge is 0.474 e. The zero-order valence-corrected chi connectivity index (χ0v) is 12.7. The number of phosphoric ester groups is 2. The minimum absolute atomic E-state index is 0.318. The highest BCUT2D eigenvalue weighted by Gasteiger charge is 2.20. The van der Waals surface area contributed by atoms with E-state index in [4.69, 9.17) is 0 Å². The van der Waals surface area contributed by atoms with E-state index in [1.54, 1.807) is 6.92 Å². The van der Waals surface area contributed by atoms with Crippen LogP contribution in [-0.4, -0.2) is 42.2 Å². The van der Waals surface area contributed by atoms with Crippen LogP contribution in [-0.2, 0) is 36.3 Å². The van der Waals surface area contributed by atoms with Gasteiger partial charge in [0.15, 0.2) is 0 Å². The van der Waals surface area contributed by atoms with Crippen molar-refractivity contribution in [2.24, 2.45) is 0 Å². The first-order chi connectivity index (χ1) is 7.86. The fourth-order valence-corrected chi connectivity index (χ4v) is 1.68. The second-order valence-corrected chi connectivity index (χ2v) is 6.10. The SMILES string of the molecule is CCOP(=O)(OC)OC.COP(=O)(OC)OC. The van der Waals surface area contributed by atoms with Crippen molar-refractivity contribution in [1.29, 1.82) is 0 Å². The van der Waals surface area contributed by atoms with Crippen LogP contribution in [0.15, 0.2) is 0 Å². The molecular formula is C7H20O8P2. The van der Waals surface area contributed by atoms with Crippen molar-refractivity contribution in [1.82, 2.24) is 0 Å². The van der Waals surface area contributed by atoms with Crippen LogP contribution in [0, 0.1) is 0 Å². The van der Waals surface area contributed by atoms with Crippen LogP contribution in [0.5, 0.6) is 0 Å². The van der Waals surface area contributed by atoms with Crippen molar-refractivity contribution in [3.63, 3.8) is 0 Å². The van der Waals surface area contributed by atoms with Gasteiger partial charge in [0.25, 0.3) is 0 Å². The first kappa shape index (κ1) is 19.6. The van der Waals surface area contributed by atoms with Gasteiger partial charge in [-0.2, -0.15) is 0 Å². The number of phosphoric acid groups is 2. The molecule has 0 amide bonds. The molecule has 0 aliphatic rings. The first-order valence-corrected chi connectivity index (χ1v) is 7.42. The molecule has 0 atom stereocenters. The van der Waals surface area contributed by atoms with Gasteiger partial charge in [0.05, 0.1) is 6.61 Å². The van der Waals surface area contributed by atoms with Gasteiger partial charge in [-0.3, -0.25) is 27.1 Å². The van der Waals surface area contributed by atoms with Gasteiger partial charge in [-0.05, 0) is 6.92 Å². The highest BCUT2D eigenvalue weighted by molar-refractivity contribution is 7.48. The molecule has 10 heteroatoms. The number of hydrogen-bond donors (Lipinski definition) is 0. The monoisotopic (exact) mass is 294 g/mol. The van der Waals surface area contributed by atoms with Crippen LogP contribution in [0.1, 0.15) is 6.92 Å². The lowest BCUT2D eigenvalue weighted by molar-refractivity contribution is 0.158. The van der Waals surface area contributed by atoms with Crippen LogP contribution < -0.4 is 0 Å². The van der Waals surface area contributed by atoms with Gasteiger partial charge in [0.1, 0.15) is 0 Å². The average Bonchev–Trinajstić information content (AvgIpc) is 2.38. The van der Waals surface area contributed by atoms with Gasteiger partial charge < -0.3 is 0 Å². The molecule has 8 nitrogen and oxygen atoms in total. The highest BCUT2D eigenvalue weighted by atomic mass is 31.2. The second-order valence-electron chi connectivity index (χ2n) is 2.23. The molecule has 0 radical (unpaired) electrons. The zero-order valence-electron chi connectivity index (χ0n) is 10.9. The van der Waals surface area contributed by atoms with Gasteiger partial charge in [-0.1, -0.05) is 0 Å². The van der Waals surface area contributed by atoms with Gasteiger partial charge in [-0.15, -0.1) is 0 Å². The molecule has 0 aromatic rings. The van der Waals surface area contributed by atoms with Crippen LogP contribution >= 0.6 is 15.6 Å². The Bertz CT molecular complexity index is 242. The van der Waals surface area contributed by atoms with E-state index < -0.39 is 15.6 Å². The summed E-state index contributed by atoms with van der Waals surface area (Å²) < 4.78 is 48.1. The number of hydrogen-bond acceptors (Lipinski definition) is 8. The van der Waals surface area contributed by atoms with Crippen LogP contribution in [0.3, 0.4) is 0 Å². The Hall–Kier alpha value is 0.220. The predicted molar refractivity (Wildman–Crippen MR) is 61.9 cm³/mol. The fourth-order valence-electron chi connectivity index (χ4n) is 0.562. The molecule has 0 spiro atoms. The summed E-state index contributed by atoms with van der Waals surface area (Å²) in [7, 11) is -0.0146. The lowest BCUT2D eigenvalue weighted by Gasteiger charge is -2.10. The maximum atomic E-state index is 10.9. The van der Waals surface area contributed by atoms with Crippen LogP contribution in [0.25, 0.3) is 0 Å². The molecule has 0 rings (SSSR count). The molecule has 0 saturated carbocycles. The molecule has 0 aliphatic heterocycles. The molecule has 0 aromatic heterocycles. The normalized spacial score (nSPS) is 11.9. The van der Waals surface area contributed by atoms with Crippen molar-refractivity contribution >= 4 is 15.6 Å². The highest BCUT2D eigenvalue weighted by Crippen LogP contribution is 2.47. The summed E-state index contributed by atoms with van der Waals surface area (Å²) in [5.41, 5.74) is 0. The third-order valence-corrected chi connectivity index (χ3v) is 4.22. The molecule has 106 valence electrons. The standard InChI is InChI=1S/C4H11O4P.C3H9O4P/c1-4-8-9(5,6-2)7-3;1-5-8(4,6-2)7-3/h4H2,1-3H3;1-3H3. The molecule has 0 aromatic carbocycles. The van der Waals surface area contributed by atoms with E-state index in [1.165, 1.54) is 35.5 Å². The van der Waals surface area contributed by atoms with E-state index in [1.807, 2.05) is 0 Å². The summed E-state index contributed by atoms with van der Waals surface area (Å²) in [5, 5.41) is 0. The van der Waals surface area contributed by atoms with Gasteiger partial charge in [0.2, 0.25) is 0 Å². The number of rotatable bonds is 7. The molecule has 0 fully saturated rings. The Morgan fingerprint density at radius 2 is 1.00 bits per heavy atom. The summed E-state index contributed by atoms with van der Waals surface area (Å²) >= 11 is 0. The molecule has 17 heavy (non-hydrogen) atoms. The average molecular weight is 294 g/mol. The van der Waals surface area contributed by atoms with E-state index in [2.05, 4.69) is 27.1 Å². The molecular weight excluding hydrogens is 274 g/mol. The maximum absolute atomic E-state index is 10.9. The third-order valence-electron chi connectivity index (χ3n) is 1.41. The predicted octanol–water partition coefficient (Wildman–Crippen LogP) is 2.46. The Balaban J connectivity index is 0. The van der Waals surface area contributed by atoms with Crippen molar-refractivity contribution in [3.8, 4) is 0 Å². The van der Waals surface area contributed by atoms with Crippen LogP contribution in [0.2, 0.25) is 0 Å². The molecule has 0 bridgehead atoms. The quantitative estimate of drug-likeness (QED) is 0.661. The Labute approximate surface area is 102 Å². The lowest BCUT2D eigenvalue weighted by atomic mass is 10.9. The van der Waals surface area contributed by atoms with Gasteiger partial charge in [0, 0.05) is 35.5 Å². The zero-order chi connectivity index (χ0) is 13.9. The van der Waals surface area contributed by atoms with Crippen molar-refractivity contribution in [2.45, 2.75) is 6.92 Å². The van der Waals surface area contributed by atoms with E-state index in [0.717, 1.165) is 0 Å². The van der Waals surface area contributed by atoms with E-state index in [-0.39, 0.29) is 0 Å². The Morgan fingerprint density at radius 3 is 1.06 bits per heavy atom. The molecule has 0 N–H and O–H groups in total.